The molecule has 1 saturated heterocycles. The molecule has 6 nitrogen and oxygen atoms in total. The number of para-hydroxylation sites is 1. The van der Waals surface area contributed by atoms with E-state index in [1.807, 2.05) is 0 Å². The molecule has 1 aliphatic heterocycles. The van der Waals surface area contributed by atoms with Crippen molar-refractivity contribution in [1.29, 1.82) is 0 Å². The van der Waals surface area contributed by atoms with Crippen molar-refractivity contribution in [2.45, 2.75) is 32.3 Å². The SMILES string of the molecule is CCN(CCCNC(=NC)NCCOCC1CCCO1)c1ccccc1.I. The summed E-state index contributed by atoms with van der Waals surface area (Å²) in [6.45, 7) is 8.10. The summed E-state index contributed by atoms with van der Waals surface area (Å²) in [4.78, 5) is 6.64. The average molecular weight is 490 g/mol. The molecular weight excluding hydrogens is 455 g/mol. The predicted molar refractivity (Wildman–Crippen MR) is 124 cm³/mol. The molecule has 7 heteroatoms. The van der Waals surface area contributed by atoms with Crippen molar-refractivity contribution in [1.82, 2.24) is 10.6 Å². The van der Waals surface area contributed by atoms with E-state index in [9.17, 15) is 0 Å². The molecule has 1 heterocycles. The fourth-order valence-electron chi connectivity index (χ4n) is 3.04. The number of hydrogen-bond donors (Lipinski definition) is 2. The maximum atomic E-state index is 5.66. The highest BCUT2D eigenvalue weighted by molar-refractivity contribution is 14.0. The van der Waals surface area contributed by atoms with Crippen LogP contribution in [0, 0.1) is 0 Å². The molecule has 2 rings (SSSR count). The normalized spacial score (nSPS) is 16.7. The van der Waals surface area contributed by atoms with Crippen LogP contribution in [-0.4, -0.2) is 65.1 Å². The Balaban J connectivity index is 0.00000364. The Morgan fingerprint density at radius 1 is 1.26 bits per heavy atom. The van der Waals surface area contributed by atoms with Crippen LogP contribution in [0.25, 0.3) is 0 Å². The van der Waals surface area contributed by atoms with Crippen LogP contribution in [0.5, 0.6) is 0 Å². The molecule has 1 aliphatic rings. The molecular formula is C20H35IN4O2. The lowest BCUT2D eigenvalue weighted by Gasteiger charge is -2.23. The first-order valence-corrected chi connectivity index (χ1v) is 9.77. The Morgan fingerprint density at radius 2 is 2.04 bits per heavy atom. The van der Waals surface area contributed by atoms with Gasteiger partial charge >= 0.3 is 0 Å². The fraction of sp³-hybridized carbons (Fsp3) is 0.650. The number of ether oxygens (including phenoxy) is 2. The lowest BCUT2D eigenvalue weighted by atomic mass is 10.2. The molecule has 0 bridgehead atoms. The lowest BCUT2D eigenvalue weighted by molar-refractivity contribution is 0.0191. The van der Waals surface area contributed by atoms with Crippen molar-refractivity contribution >= 4 is 35.6 Å². The molecule has 1 aromatic rings. The van der Waals surface area contributed by atoms with E-state index in [1.54, 1.807) is 7.05 Å². The van der Waals surface area contributed by atoms with Crippen LogP contribution in [0.3, 0.4) is 0 Å². The van der Waals surface area contributed by atoms with E-state index in [0.29, 0.717) is 19.3 Å². The van der Waals surface area contributed by atoms with E-state index in [0.717, 1.165) is 58.0 Å². The molecule has 1 fully saturated rings. The molecule has 0 aliphatic carbocycles. The van der Waals surface area contributed by atoms with Crippen molar-refractivity contribution in [2.24, 2.45) is 4.99 Å². The van der Waals surface area contributed by atoms with Crippen LogP contribution in [0.1, 0.15) is 26.2 Å². The first-order valence-electron chi connectivity index (χ1n) is 9.77. The second-order valence-electron chi connectivity index (χ2n) is 6.40. The van der Waals surface area contributed by atoms with Crippen LogP contribution in [0.4, 0.5) is 5.69 Å². The number of aliphatic imine (C=N–C) groups is 1. The largest absolute Gasteiger partial charge is 0.377 e. The van der Waals surface area contributed by atoms with Gasteiger partial charge in [-0.25, -0.2) is 0 Å². The van der Waals surface area contributed by atoms with E-state index in [2.05, 4.69) is 57.8 Å². The highest BCUT2D eigenvalue weighted by atomic mass is 127. The summed E-state index contributed by atoms with van der Waals surface area (Å²) in [5.74, 6) is 0.827. The van der Waals surface area contributed by atoms with Gasteiger partial charge < -0.3 is 25.0 Å². The molecule has 0 radical (unpaired) electrons. The van der Waals surface area contributed by atoms with Gasteiger partial charge in [0.2, 0.25) is 0 Å². The van der Waals surface area contributed by atoms with E-state index < -0.39 is 0 Å². The second kappa shape index (κ2) is 14.9. The molecule has 27 heavy (non-hydrogen) atoms. The fourth-order valence-corrected chi connectivity index (χ4v) is 3.04. The molecule has 0 amide bonds. The van der Waals surface area contributed by atoms with Gasteiger partial charge in [0.1, 0.15) is 0 Å². The van der Waals surface area contributed by atoms with E-state index >= 15 is 0 Å². The first kappa shape index (κ1) is 24.0. The zero-order valence-corrected chi connectivity index (χ0v) is 19.0. The maximum absolute atomic E-state index is 5.66. The first-order chi connectivity index (χ1) is 12.8. The number of halogens is 1. The third-order valence-electron chi connectivity index (χ3n) is 4.49. The summed E-state index contributed by atoms with van der Waals surface area (Å²) >= 11 is 0. The summed E-state index contributed by atoms with van der Waals surface area (Å²) in [5, 5.41) is 6.65. The van der Waals surface area contributed by atoms with Crippen LogP contribution in [0.15, 0.2) is 35.3 Å². The Hall–Kier alpha value is -1.06. The lowest BCUT2D eigenvalue weighted by Crippen LogP contribution is -2.40. The van der Waals surface area contributed by atoms with Gasteiger partial charge in [0.15, 0.2) is 5.96 Å². The predicted octanol–water partition coefficient (Wildman–Crippen LogP) is 2.88. The summed E-state index contributed by atoms with van der Waals surface area (Å²) in [6.07, 6.45) is 3.62. The van der Waals surface area contributed by atoms with Crippen LogP contribution < -0.4 is 15.5 Å². The van der Waals surface area contributed by atoms with Gasteiger partial charge in [-0.2, -0.15) is 0 Å². The molecule has 0 spiro atoms. The molecule has 1 atom stereocenters. The van der Waals surface area contributed by atoms with Crippen molar-refractivity contribution in [3.05, 3.63) is 30.3 Å². The Kier molecular flexibility index (Phi) is 13.3. The van der Waals surface area contributed by atoms with E-state index in [1.165, 1.54) is 5.69 Å². The number of nitrogens with one attached hydrogen (secondary N) is 2. The summed E-state index contributed by atoms with van der Waals surface area (Å²) in [6, 6.07) is 10.5. The van der Waals surface area contributed by atoms with Crippen molar-refractivity contribution in [3.63, 3.8) is 0 Å². The number of anilines is 1. The highest BCUT2D eigenvalue weighted by Crippen LogP contribution is 2.13. The standard InChI is InChI=1S/C20H34N4O2.HI/c1-3-24(18-9-5-4-6-10-18)14-8-12-22-20(21-2)23-13-16-25-17-19-11-7-15-26-19;/h4-6,9-10,19H,3,7-8,11-17H2,1-2H3,(H2,21,22,23);1H. The minimum absolute atomic E-state index is 0. The van der Waals surface area contributed by atoms with E-state index in [4.69, 9.17) is 9.47 Å². The van der Waals surface area contributed by atoms with Crippen LogP contribution in [-0.2, 0) is 9.47 Å². The average Bonchev–Trinajstić information content (AvgIpc) is 3.20. The highest BCUT2D eigenvalue weighted by Gasteiger charge is 2.14. The quantitative estimate of drug-likeness (QED) is 0.216. The Bertz CT molecular complexity index is 510. The minimum atomic E-state index is 0. The van der Waals surface area contributed by atoms with Crippen molar-refractivity contribution in [3.8, 4) is 0 Å². The topological polar surface area (TPSA) is 58.1 Å². The maximum Gasteiger partial charge on any atom is 0.191 e. The number of benzene rings is 1. The number of nitrogens with zero attached hydrogens (tertiary/aromatic N) is 2. The number of hydrogen-bond acceptors (Lipinski definition) is 4. The van der Waals surface area contributed by atoms with Gasteiger partial charge in [0.05, 0.1) is 19.3 Å². The molecule has 154 valence electrons. The molecule has 2 N–H and O–H groups in total. The molecule has 1 unspecified atom stereocenters. The number of rotatable bonds is 11. The van der Waals surface area contributed by atoms with Gasteiger partial charge in [-0.15, -0.1) is 24.0 Å². The van der Waals surface area contributed by atoms with Gasteiger partial charge in [0.25, 0.3) is 0 Å². The molecule has 0 aromatic heterocycles. The van der Waals surface area contributed by atoms with Crippen molar-refractivity contribution < 1.29 is 9.47 Å². The number of guanidine groups is 1. The van der Waals surface area contributed by atoms with Crippen molar-refractivity contribution in [2.75, 3.05) is 57.9 Å². The smallest absolute Gasteiger partial charge is 0.191 e. The third kappa shape index (κ3) is 9.62. The second-order valence-corrected chi connectivity index (χ2v) is 6.40. The van der Waals surface area contributed by atoms with E-state index in [-0.39, 0.29) is 24.0 Å². The zero-order chi connectivity index (χ0) is 18.5. The van der Waals surface area contributed by atoms with Crippen LogP contribution >= 0.6 is 24.0 Å². The van der Waals surface area contributed by atoms with Crippen LogP contribution in [0.2, 0.25) is 0 Å². The Morgan fingerprint density at radius 3 is 2.70 bits per heavy atom. The molecule has 0 saturated carbocycles. The third-order valence-corrected chi connectivity index (χ3v) is 4.49. The summed E-state index contributed by atoms with van der Waals surface area (Å²) < 4.78 is 11.2. The summed E-state index contributed by atoms with van der Waals surface area (Å²) in [5.41, 5.74) is 1.28. The molecule has 1 aromatic carbocycles. The summed E-state index contributed by atoms with van der Waals surface area (Å²) in [7, 11) is 1.80. The monoisotopic (exact) mass is 490 g/mol. The zero-order valence-electron chi connectivity index (χ0n) is 16.7. The van der Waals surface area contributed by atoms with Gasteiger partial charge in [-0.05, 0) is 38.3 Å². The Labute approximate surface area is 181 Å². The van der Waals surface area contributed by atoms with Gasteiger partial charge in [0, 0.05) is 45.5 Å². The van der Waals surface area contributed by atoms with Gasteiger partial charge in [-0.3, -0.25) is 4.99 Å². The minimum Gasteiger partial charge on any atom is -0.377 e. The van der Waals surface area contributed by atoms with Gasteiger partial charge in [-0.1, -0.05) is 18.2 Å².